The molecule has 1 N–H and O–H groups in total. The number of nitrogens with one attached hydrogen (secondary N) is 1. The number of allylic oxidation sites excluding steroid dienone is 1. The summed E-state index contributed by atoms with van der Waals surface area (Å²) in [6, 6.07) is 8.40. The summed E-state index contributed by atoms with van der Waals surface area (Å²) < 4.78 is 0. The molecule has 0 radical (unpaired) electrons. The zero-order valence-electron chi connectivity index (χ0n) is 13.1. The highest BCUT2D eigenvalue weighted by molar-refractivity contribution is 8.17. The molecule has 1 fully saturated rings. The number of nitrogens with zero attached hydrogens (tertiary/aromatic N) is 3. The Morgan fingerprint density at radius 3 is 2.77 bits per heavy atom. The van der Waals surface area contributed by atoms with Crippen LogP contribution in [0.4, 0.5) is 11.4 Å². The van der Waals surface area contributed by atoms with Crippen LogP contribution < -0.4 is 5.32 Å². The number of hydrogen-bond acceptors (Lipinski definition) is 5. The Morgan fingerprint density at radius 1 is 1.18 bits per heavy atom. The highest BCUT2D eigenvalue weighted by Crippen LogP contribution is 2.41. The van der Waals surface area contributed by atoms with Gasteiger partial charge in [0.05, 0.1) is 28.5 Å². The van der Waals surface area contributed by atoms with Crippen LogP contribution in [0.25, 0.3) is 0 Å². The molecule has 1 aromatic carbocycles. The third-order valence-corrected chi connectivity index (χ3v) is 5.71. The van der Waals surface area contributed by atoms with E-state index in [1.54, 1.807) is 0 Å². The van der Waals surface area contributed by atoms with E-state index in [0.29, 0.717) is 12.1 Å². The van der Waals surface area contributed by atoms with Gasteiger partial charge in [-0.2, -0.15) is 0 Å². The highest BCUT2D eigenvalue weighted by atomic mass is 32.2. The van der Waals surface area contributed by atoms with Crippen LogP contribution in [0, 0.1) is 5.92 Å². The molecule has 3 aliphatic heterocycles. The Balaban J connectivity index is 1.69. The number of fused-ring (bicyclic) bond motifs is 2. The minimum atomic E-state index is 0.307. The fourth-order valence-electron chi connectivity index (χ4n) is 3.39. The van der Waals surface area contributed by atoms with Gasteiger partial charge in [-0.1, -0.05) is 30.0 Å². The van der Waals surface area contributed by atoms with Gasteiger partial charge in [0, 0.05) is 26.2 Å². The second-order valence-electron chi connectivity index (χ2n) is 6.30. The highest BCUT2D eigenvalue weighted by Gasteiger charge is 2.36. The number of likely N-dealkylation sites (N-methyl/N-ethyl adjacent to an activating group) is 1. The summed E-state index contributed by atoms with van der Waals surface area (Å²) in [6.45, 7) is 6.67. The summed E-state index contributed by atoms with van der Waals surface area (Å²) in [7, 11) is 2.20. The van der Waals surface area contributed by atoms with Gasteiger partial charge in [0.2, 0.25) is 0 Å². The first-order valence-electron chi connectivity index (χ1n) is 7.94. The van der Waals surface area contributed by atoms with Crippen molar-refractivity contribution in [3.8, 4) is 0 Å². The number of benzene rings is 1. The van der Waals surface area contributed by atoms with Gasteiger partial charge in [-0.25, -0.2) is 4.99 Å². The molecule has 2 atom stereocenters. The molecule has 0 amide bonds. The summed E-state index contributed by atoms with van der Waals surface area (Å²) in [5, 5.41) is 5.01. The summed E-state index contributed by atoms with van der Waals surface area (Å²) in [4.78, 5) is 11.3. The van der Waals surface area contributed by atoms with Gasteiger partial charge in [0.1, 0.15) is 0 Å². The maximum Gasteiger partial charge on any atom is 0.0921 e. The SMILES string of the molecule is CC1=CC2C(=Nc3ccccc3NC2N2CCN(C)CC2)S1. The van der Waals surface area contributed by atoms with E-state index in [2.05, 4.69) is 59.4 Å². The lowest BCUT2D eigenvalue weighted by Crippen LogP contribution is -2.54. The lowest BCUT2D eigenvalue weighted by atomic mass is 10.0. The van der Waals surface area contributed by atoms with Crippen molar-refractivity contribution in [2.24, 2.45) is 10.9 Å². The second-order valence-corrected chi connectivity index (χ2v) is 7.57. The van der Waals surface area contributed by atoms with Crippen LogP contribution in [0.1, 0.15) is 6.92 Å². The molecule has 0 bridgehead atoms. The molecule has 4 nitrogen and oxygen atoms in total. The fourth-order valence-corrected chi connectivity index (χ4v) is 4.42. The van der Waals surface area contributed by atoms with Crippen LogP contribution in [0.3, 0.4) is 0 Å². The quantitative estimate of drug-likeness (QED) is 0.863. The van der Waals surface area contributed by atoms with Crippen molar-refractivity contribution in [1.82, 2.24) is 9.80 Å². The van der Waals surface area contributed by atoms with Crippen molar-refractivity contribution in [2.75, 3.05) is 38.5 Å². The molecule has 3 heterocycles. The zero-order chi connectivity index (χ0) is 15.1. The van der Waals surface area contributed by atoms with Gasteiger partial charge in [-0.05, 0) is 31.0 Å². The molecule has 0 aromatic heterocycles. The van der Waals surface area contributed by atoms with Crippen molar-refractivity contribution in [3.63, 3.8) is 0 Å². The molecule has 3 aliphatic rings. The molecule has 0 spiro atoms. The smallest absolute Gasteiger partial charge is 0.0921 e. The van der Waals surface area contributed by atoms with E-state index >= 15 is 0 Å². The number of para-hydroxylation sites is 2. The number of aliphatic imine (C=N–C) groups is 1. The number of thioether (sulfide) groups is 1. The van der Waals surface area contributed by atoms with E-state index < -0.39 is 0 Å². The van der Waals surface area contributed by atoms with E-state index in [-0.39, 0.29) is 0 Å². The molecule has 22 heavy (non-hydrogen) atoms. The van der Waals surface area contributed by atoms with Crippen molar-refractivity contribution < 1.29 is 0 Å². The van der Waals surface area contributed by atoms with Gasteiger partial charge in [-0.15, -0.1) is 0 Å². The predicted octanol–water partition coefficient (Wildman–Crippen LogP) is 2.98. The Labute approximate surface area is 136 Å². The molecule has 0 saturated carbocycles. The number of piperazine rings is 1. The third kappa shape index (κ3) is 2.57. The molecule has 0 aliphatic carbocycles. The summed E-state index contributed by atoms with van der Waals surface area (Å²) >= 11 is 1.83. The first kappa shape index (κ1) is 14.3. The van der Waals surface area contributed by atoms with Crippen LogP contribution in [-0.2, 0) is 0 Å². The van der Waals surface area contributed by atoms with Crippen LogP contribution in [0.15, 0.2) is 40.2 Å². The third-order valence-electron chi connectivity index (χ3n) is 4.67. The molecular weight excluding hydrogens is 292 g/mol. The van der Waals surface area contributed by atoms with Gasteiger partial charge < -0.3 is 10.2 Å². The average Bonchev–Trinajstić information content (AvgIpc) is 2.80. The Hall–Kier alpha value is -1.30. The normalized spacial score (nSPS) is 29.0. The van der Waals surface area contributed by atoms with Crippen molar-refractivity contribution in [1.29, 1.82) is 0 Å². The predicted molar refractivity (Wildman–Crippen MR) is 94.9 cm³/mol. The molecule has 4 rings (SSSR count). The van der Waals surface area contributed by atoms with Crippen LogP contribution in [0.5, 0.6) is 0 Å². The van der Waals surface area contributed by atoms with Gasteiger partial charge in [0.25, 0.3) is 0 Å². The molecule has 1 aromatic rings. The van der Waals surface area contributed by atoms with Crippen molar-refractivity contribution in [3.05, 3.63) is 35.2 Å². The summed E-state index contributed by atoms with van der Waals surface area (Å²) in [6.07, 6.45) is 2.69. The lowest BCUT2D eigenvalue weighted by molar-refractivity contribution is 0.115. The Bertz CT molecular complexity index is 631. The largest absolute Gasteiger partial charge is 0.367 e. The summed E-state index contributed by atoms with van der Waals surface area (Å²) in [5.41, 5.74) is 2.22. The molecule has 2 unspecified atom stereocenters. The molecule has 1 saturated heterocycles. The van der Waals surface area contributed by atoms with E-state index in [9.17, 15) is 0 Å². The average molecular weight is 314 g/mol. The minimum Gasteiger partial charge on any atom is -0.367 e. The first-order chi connectivity index (χ1) is 10.7. The molecule has 116 valence electrons. The molecule has 5 heteroatoms. The van der Waals surface area contributed by atoms with E-state index in [1.807, 2.05) is 11.8 Å². The Kier molecular flexibility index (Phi) is 3.72. The maximum absolute atomic E-state index is 4.94. The minimum absolute atomic E-state index is 0.307. The number of rotatable bonds is 1. The Morgan fingerprint density at radius 2 is 1.95 bits per heavy atom. The lowest BCUT2D eigenvalue weighted by Gasteiger charge is -2.40. The monoisotopic (exact) mass is 314 g/mol. The van der Waals surface area contributed by atoms with Gasteiger partial charge in [0.15, 0.2) is 0 Å². The topological polar surface area (TPSA) is 30.9 Å². The standard InChI is InChI=1S/C17H22N4S/c1-12-11-13-16(21-9-7-20(2)8-10-21)18-14-5-3-4-6-15(14)19-17(13)22-12/h3-6,11,13,16,18H,7-10H2,1-2H3. The number of anilines is 1. The van der Waals surface area contributed by atoms with Gasteiger partial charge in [-0.3, -0.25) is 4.90 Å². The van der Waals surface area contributed by atoms with Crippen LogP contribution in [0.2, 0.25) is 0 Å². The first-order valence-corrected chi connectivity index (χ1v) is 8.75. The second kappa shape index (κ2) is 5.72. The number of hydrogen-bond donors (Lipinski definition) is 1. The summed E-state index contributed by atoms with van der Waals surface area (Å²) in [5.74, 6) is 0.362. The van der Waals surface area contributed by atoms with Crippen molar-refractivity contribution >= 4 is 28.2 Å². The molecular formula is C17H22N4S. The zero-order valence-corrected chi connectivity index (χ0v) is 13.9. The van der Waals surface area contributed by atoms with Gasteiger partial charge >= 0.3 is 0 Å². The van der Waals surface area contributed by atoms with E-state index in [4.69, 9.17) is 4.99 Å². The van der Waals surface area contributed by atoms with Crippen LogP contribution >= 0.6 is 11.8 Å². The maximum atomic E-state index is 4.94. The fraction of sp³-hybridized carbons (Fsp3) is 0.471. The van der Waals surface area contributed by atoms with Crippen LogP contribution in [-0.4, -0.2) is 54.2 Å². The van der Waals surface area contributed by atoms with Crippen molar-refractivity contribution in [2.45, 2.75) is 13.1 Å². The van der Waals surface area contributed by atoms with E-state index in [0.717, 1.165) is 37.6 Å². The van der Waals surface area contributed by atoms with E-state index in [1.165, 1.54) is 9.95 Å².